The molecule has 2 atom stereocenters. The Bertz CT molecular complexity index is 455. The molecule has 1 heterocycles. The van der Waals surface area contributed by atoms with Crippen molar-refractivity contribution in [3.05, 3.63) is 21.9 Å². The molecule has 18 heavy (non-hydrogen) atoms. The van der Waals surface area contributed by atoms with Crippen molar-refractivity contribution in [2.75, 3.05) is 11.9 Å². The lowest BCUT2D eigenvalue weighted by molar-refractivity contribution is -0.120. The maximum absolute atomic E-state index is 12.2. The number of halogens is 2. The number of aromatic nitrogens is 1. The summed E-state index contributed by atoms with van der Waals surface area (Å²) in [4.78, 5) is 16.2. The number of pyridine rings is 1. The van der Waals surface area contributed by atoms with Gasteiger partial charge in [-0.05, 0) is 47.3 Å². The standard InChI is InChI=1S/C12H15BrClN3O/c13-8-4-10(11(14)16-6-8)17-12(18)9-3-1-2-7(9)5-15/h4,6-7,9H,1-3,5,15H2,(H,17,18). The van der Waals surface area contributed by atoms with Crippen molar-refractivity contribution in [2.45, 2.75) is 19.3 Å². The summed E-state index contributed by atoms with van der Waals surface area (Å²) < 4.78 is 0.781. The van der Waals surface area contributed by atoms with Crippen LogP contribution in [-0.4, -0.2) is 17.4 Å². The van der Waals surface area contributed by atoms with Crippen molar-refractivity contribution < 1.29 is 4.79 Å². The fourth-order valence-electron chi connectivity index (χ4n) is 2.40. The molecule has 6 heteroatoms. The van der Waals surface area contributed by atoms with Gasteiger partial charge in [-0.1, -0.05) is 18.0 Å². The van der Waals surface area contributed by atoms with E-state index in [9.17, 15) is 4.79 Å². The Morgan fingerprint density at radius 3 is 3.11 bits per heavy atom. The third kappa shape index (κ3) is 3.02. The Balaban J connectivity index is 2.09. The molecule has 0 bridgehead atoms. The number of hydrogen-bond acceptors (Lipinski definition) is 3. The summed E-state index contributed by atoms with van der Waals surface area (Å²) in [6.45, 7) is 0.558. The van der Waals surface area contributed by atoms with Gasteiger partial charge < -0.3 is 11.1 Å². The molecule has 0 aliphatic heterocycles. The Kier molecular flexibility index (Phi) is 4.59. The van der Waals surface area contributed by atoms with E-state index in [1.54, 1.807) is 12.3 Å². The van der Waals surface area contributed by atoms with Gasteiger partial charge >= 0.3 is 0 Å². The highest BCUT2D eigenvalue weighted by molar-refractivity contribution is 9.10. The maximum atomic E-state index is 12.2. The lowest BCUT2D eigenvalue weighted by Gasteiger charge is -2.17. The molecule has 1 aromatic heterocycles. The van der Waals surface area contributed by atoms with Crippen LogP contribution in [-0.2, 0) is 4.79 Å². The van der Waals surface area contributed by atoms with E-state index < -0.39 is 0 Å². The van der Waals surface area contributed by atoms with Crippen molar-refractivity contribution in [3.63, 3.8) is 0 Å². The Morgan fingerprint density at radius 1 is 1.61 bits per heavy atom. The van der Waals surface area contributed by atoms with Crippen LogP contribution < -0.4 is 11.1 Å². The summed E-state index contributed by atoms with van der Waals surface area (Å²) >= 11 is 9.25. The van der Waals surface area contributed by atoms with Crippen molar-refractivity contribution in [1.82, 2.24) is 4.98 Å². The highest BCUT2D eigenvalue weighted by atomic mass is 79.9. The van der Waals surface area contributed by atoms with Gasteiger partial charge in [0, 0.05) is 16.6 Å². The van der Waals surface area contributed by atoms with Crippen molar-refractivity contribution in [1.29, 1.82) is 0 Å². The molecule has 1 aliphatic rings. The third-order valence-corrected chi connectivity index (χ3v) is 4.10. The number of carbonyl (C=O) groups excluding carboxylic acids is 1. The summed E-state index contributed by atoms with van der Waals surface area (Å²) in [6.07, 6.45) is 4.58. The minimum atomic E-state index is -0.00949. The first kappa shape index (κ1) is 13.8. The molecule has 2 rings (SSSR count). The average Bonchev–Trinajstić information content (AvgIpc) is 2.82. The second-order valence-corrected chi connectivity index (χ2v) is 5.79. The molecule has 4 nitrogen and oxygen atoms in total. The molecule has 1 amide bonds. The molecular formula is C12H15BrClN3O. The first-order valence-electron chi connectivity index (χ1n) is 5.93. The number of rotatable bonds is 3. The molecule has 3 N–H and O–H groups in total. The monoisotopic (exact) mass is 331 g/mol. The number of nitrogens with zero attached hydrogens (tertiary/aromatic N) is 1. The van der Waals surface area contributed by atoms with Gasteiger partial charge in [0.2, 0.25) is 5.91 Å². The number of hydrogen-bond donors (Lipinski definition) is 2. The second-order valence-electron chi connectivity index (χ2n) is 4.51. The van der Waals surface area contributed by atoms with Gasteiger partial charge in [-0.25, -0.2) is 4.98 Å². The highest BCUT2D eigenvalue weighted by Crippen LogP contribution is 2.32. The number of nitrogens with two attached hydrogens (primary N) is 1. The zero-order valence-electron chi connectivity index (χ0n) is 9.83. The summed E-state index contributed by atoms with van der Waals surface area (Å²) in [5.41, 5.74) is 6.22. The molecule has 1 aromatic rings. The minimum absolute atomic E-state index is 0.00921. The molecule has 98 valence electrons. The van der Waals surface area contributed by atoms with Crippen LogP contribution in [0, 0.1) is 11.8 Å². The Hall–Kier alpha value is -0.650. The molecule has 2 unspecified atom stereocenters. The predicted octanol–water partition coefficient (Wildman–Crippen LogP) is 2.81. The van der Waals surface area contributed by atoms with Crippen molar-refractivity contribution in [3.8, 4) is 0 Å². The first-order chi connectivity index (χ1) is 8.61. The van der Waals surface area contributed by atoms with Gasteiger partial charge in [0.15, 0.2) is 5.15 Å². The third-order valence-electron chi connectivity index (χ3n) is 3.36. The minimum Gasteiger partial charge on any atom is -0.330 e. The Morgan fingerprint density at radius 2 is 2.39 bits per heavy atom. The van der Waals surface area contributed by atoms with Gasteiger partial charge in [-0.3, -0.25) is 4.79 Å². The van der Waals surface area contributed by atoms with Gasteiger partial charge in [0.25, 0.3) is 0 Å². The van der Waals surface area contributed by atoms with Crippen LogP contribution >= 0.6 is 27.5 Å². The normalized spacial score (nSPS) is 23.1. The summed E-state index contributed by atoms with van der Waals surface area (Å²) in [7, 11) is 0. The zero-order chi connectivity index (χ0) is 13.1. The summed E-state index contributed by atoms with van der Waals surface area (Å²) in [5.74, 6) is 0.263. The SMILES string of the molecule is NCC1CCCC1C(=O)Nc1cc(Br)cnc1Cl. The van der Waals surface area contributed by atoms with E-state index in [2.05, 4.69) is 26.2 Å². The van der Waals surface area contributed by atoms with E-state index in [1.165, 1.54) is 0 Å². The van der Waals surface area contributed by atoms with Crippen LogP contribution in [0.15, 0.2) is 16.7 Å². The van der Waals surface area contributed by atoms with Crippen LogP contribution in [0.25, 0.3) is 0 Å². The lowest BCUT2D eigenvalue weighted by atomic mass is 9.95. The van der Waals surface area contributed by atoms with Crippen molar-refractivity contribution in [2.24, 2.45) is 17.6 Å². The number of amides is 1. The van der Waals surface area contributed by atoms with E-state index in [4.69, 9.17) is 17.3 Å². The molecule has 0 radical (unpaired) electrons. The van der Waals surface area contributed by atoms with Crippen LogP contribution in [0.1, 0.15) is 19.3 Å². The molecule has 1 saturated carbocycles. The van der Waals surface area contributed by atoms with Crippen LogP contribution in [0.5, 0.6) is 0 Å². The fraction of sp³-hybridized carbons (Fsp3) is 0.500. The van der Waals surface area contributed by atoms with E-state index in [0.717, 1.165) is 23.7 Å². The topological polar surface area (TPSA) is 68.0 Å². The van der Waals surface area contributed by atoms with Crippen LogP contribution in [0.3, 0.4) is 0 Å². The quantitative estimate of drug-likeness (QED) is 0.836. The van der Waals surface area contributed by atoms with E-state index in [1.807, 2.05) is 0 Å². The molecule has 1 aliphatic carbocycles. The van der Waals surface area contributed by atoms with Crippen molar-refractivity contribution >= 4 is 39.1 Å². The maximum Gasteiger partial charge on any atom is 0.227 e. The highest BCUT2D eigenvalue weighted by Gasteiger charge is 2.32. The molecule has 0 aromatic carbocycles. The smallest absolute Gasteiger partial charge is 0.227 e. The van der Waals surface area contributed by atoms with E-state index >= 15 is 0 Å². The van der Waals surface area contributed by atoms with E-state index in [0.29, 0.717) is 17.4 Å². The van der Waals surface area contributed by atoms with Gasteiger partial charge in [0.1, 0.15) is 0 Å². The molecule has 0 spiro atoms. The fourth-order valence-corrected chi connectivity index (χ4v) is 2.88. The zero-order valence-corrected chi connectivity index (χ0v) is 12.2. The Labute approximate surface area is 119 Å². The number of anilines is 1. The van der Waals surface area contributed by atoms with Gasteiger partial charge in [0.05, 0.1) is 5.69 Å². The predicted molar refractivity (Wildman–Crippen MR) is 75.5 cm³/mol. The second kappa shape index (κ2) is 5.99. The van der Waals surface area contributed by atoms with Gasteiger partial charge in [-0.2, -0.15) is 0 Å². The van der Waals surface area contributed by atoms with Gasteiger partial charge in [-0.15, -0.1) is 0 Å². The largest absolute Gasteiger partial charge is 0.330 e. The average molecular weight is 333 g/mol. The summed E-state index contributed by atoms with van der Waals surface area (Å²) in [5, 5.41) is 3.14. The first-order valence-corrected chi connectivity index (χ1v) is 7.11. The summed E-state index contributed by atoms with van der Waals surface area (Å²) in [6, 6.07) is 1.75. The molecular weight excluding hydrogens is 318 g/mol. The lowest BCUT2D eigenvalue weighted by Crippen LogP contribution is -2.29. The van der Waals surface area contributed by atoms with E-state index in [-0.39, 0.29) is 17.7 Å². The van der Waals surface area contributed by atoms with Crippen LogP contribution in [0.2, 0.25) is 5.15 Å². The van der Waals surface area contributed by atoms with Crippen LogP contribution in [0.4, 0.5) is 5.69 Å². The molecule has 0 saturated heterocycles. The number of carbonyl (C=O) groups is 1. The number of nitrogens with one attached hydrogen (secondary N) is 1. The molecule has 1 fully saturated rings.